The minimum atomic E-state index is -0.0454. The van der Waals surface area contributed by atoms with Gasteiger partial charge in [-0.3, -0.25) is 4.79 Å². The number of rotatable bonds is 7. The molecule has 2 aliphatic rings. The molecule has 9 heteroatoms. The number of aryl methyl sites for hydroxylation is 1. The van der Waals surface area contributed by atoms with Crippen LogP contribution in [0.25, 0.3) is 17.4 Å². The molecule has 1 amide bonds. The van der Waals surface area contributed by atoms with Crippen LogP contribution in [0.3, 0.4) is 0 Å². The first-order chi connectivity index (χ1) is 17.0. The Morgan fingerprint density at radius 3 is 2.89 bits per heavy atom. The summed E-state index contributed by atoms with van der Waals surface area (Å²) < 4.78 is 3.91. The number of hydrogen-bond donors (Lipinski definition) is 3. The van der Waals surface area contributed by atoms with Gasteiger partial charge in [0.15, 0.2) is 5.65 Å². The lowest BCUT2D eigenvalue weighted by atomic mass is 10.1. The van der Waals surface area contributed by atoms with Crippen molar-refractivity contribution in [1.29, 1.82) is 0 Å². The molecule has 3 aromatic heterocycles. The SMILES string of the molecule is C=C1NC(=O)C/C1=C\c1cnn2c(NC3CC3)cc(NCc3ccccc3-n3ccnc3C)nc12. The van der Waals surface area contributed by atoms with Gasteiger partial charge in [-0.05, 0) is 43.0 Å². The molecular weight excluding hydrogens is 440 g/mol. The van der Waals surface area contributed by atoms with Gasteiger partial charge < -0.3 is 20.5 Å². The minimum absolute atomic E-state index is 0.0454. The average Bonchev–Trinajstić information content (AvgIpc) is 3.26. The number of imidazole rings is 1. The number of allylic oxidation sites excluding steroid dienone is 1. The number of fused-ring (bicyclic) bond motifs is 1. The first-order valence-electron chi connectivity index (χ1n) is 11.7. The number of amides is 1. The van der Waals surface area contributed by atoms with Crippen LogP contribution in [0.1, 0.15) is 36.2 Å². The monoisotopic (exact) mass is 466 g/mol. The largest absolute Gasteiger partial charge is 0.367 e. The molecule has 1 saturated carbocycles. The number of nitrogens with zero attached hydrogens (tertiary/aromatic N) is 5. The third-order valence-electron chi connectivity index (χ3n) is 6.32. The number of anilines is 2. The van der Waals surface area contributed by atoms with Crippen molar-refractivity contribution in [2.24, 2.45) is 0 Å². The highest BCUT2D eigenvalue weighted by atomic mass is 16.1. The molecule has 3 N–H and O–H groups in total. The van der Waals surface area contributed by atoms with Crippen LogP contribution < -0.4 is 16.0 Å². The fraction of sp³-hybridized carbons (Fsp3) is 0.231. The van der Waals surface area contributed by atoms with Crippen LogP contribution in [0.2, 0.25) is 0 Å². The van der Waals surface area contributed by atoms with Crippen molar-refractivity contribution in [2.75, 3.05) is 10.6 Å². The van der Waals surface area contributed by atoms with Crippen molar-refractivity contribution in [3.8, 4) is 5.69 Å². The quantitative estimate of drug-likeness (QED) is 0.383. The first kappa shape index (κ1) is 21.2. The second kappa shape index (κ2) is 8.43. The lowest BCUT2D eigenvalue weighted by Crippen LogP contribution is -2.11. The van der Waals surface area contributed by atoms with Gasteiger partial charge in [-0.25, -0.2) is 9.97 Å². The van der Waals surface area contributed by atoms with E-state index in [1.54, 1.807) is 6.20 Å². The lowest BCUT2D eigenvalue weighted by molar-refractivity contribution is -0.118. The first-order valence-corrected chi connectivity index (χ1v) is 11.7. The minimum Gasteiger partial charge on any atom is -0.367 e. The summed E-state index contributed by atoms with van der Waals surface area (Å²) in [7, 11) is 0. The molecule has 0 radical (unpaired) electrons. The average molecular weight is 467 g/mol. The zero-order valence-corrected chi connectivity index (χ0v) is 19.5. The number of para-hydroxylation sites is 1. The number of carbonyl (C=O) groups is 1. The van der Waals surface area contributed by atoms with Crippen LogP contribution in [0.4, 0.5) is 11.6 Å². The molecular formula is C26H26N8O. The molecule has 1 aliphatic heterocycles. The molecule has 0 bridgehead atoms. The standard InChI is InChI=1S/C26H26N8O/c1-16-19(12-25(35)30-16)11-20-15-29-34-24(31-21-7-8-21)13-23(32-26(20)34)28-14-18-5-3-4-6-22(18)33-10-9-27-17(33)2/h3-6,9-11,13,15,21,31H,1,7-8,12,14H2,2H3,(H,28,32)(H,30,35)/b19-11+. The maximum absolute atomic E-state index is 11.8. The normalized spacial score (nSPS) is 16.8. The van der Waals surface area contributed by atoms with Gasteiger partial charge in [0.1, 0.15) is 17.5 Å². The fourth-order valence-electron chi connectivity index (χ4n) is 4.32. The van der Waals surface area contributed by atoms with E-state index >= 15 is 0 Å². The molecule has 4 heterocycles. The Morgan fingerprint density at radius 1 is 1.29 bits per heavy atom. The number of carbonyl (C=O) groups excluding carboxylic acids is 1. The number of benzene rings is 1. The fourth-order valence-corrected chi connectivity index (χ4v) is 4.32. The highest BCUT2D eigenvalue weighted by Gasteiger charge is 2.24. The van der Waals surface area contributed by atoms with E-state index in [4.69, 9.17) is 4.98 Å². The van der Waals surface area contributed by atoms with E-state index in [2.05, 4.69) is 49.3 Å². The molecule has 2 fully saturated rings. The van der Waals surface area contributed by atoms with Crippen LogP contribution in [0, 0.1) is 6.92 Å². The van der Waals surface area contributed by atoms with Crippen LogP contribution in [-0.4, -0.2) is 36.1 Å². The van der Waals surface area contributed by atoms with Gasteiger partial charge in [0.05, 0.1) is 18.3 Å². The van der Waals surface area contributed by atoms with Gasteiger partial charge in [-0.1, -0.05) is 24.8 Å². The summed E-state index contributed by atoms with van der Waals surface area (Å²) in [6, 6.07) is 10.7. The van der Waals surface area contributed by atoms with E-state index in [1.807, 2.05) is 48.1 Å². The van der Waals surface area contributed by atoms with Gasteiger partial charge in [0, 0.05) is 42.3 Å². The third kappa shape index (κ3) is 4.16. The maximum atomic E-state index is 11.8. The summed E-state index contributed by atoms with van der Waals surface area (Å²) in [5.41, 5.74) is 5.26. The Labute approximate surface area is 202 Å². The Balaban J connectivity index is 1.35. The van der Waals surface area contributed by atoms with E-state index in [0.29, 0.717) is 24.7 Å². The van der Waals surface area contributed by atoms with E-state index in [-0.39, 0.29) is 5.91 Å². The van der Waals surface area contributed by atoms with Crippen LogP contribution in [0.15, 0.2) is 66.8 Å². The molecule has 9 nitrogen and oxygen atoms in total. The maximum Gasteiger partial charge on any atom is 0.228 e. The summed E-state index contributed by atoms with van der Waals surface area (Å²) in [5, 5.41) is 14.4. The van der Waals surface area contributed by atoms with E-state index in [9.17, 15) is 4.79 Å². The highest BCUT2D eigenvalue weighted by Crippen LogP contribution is 2.29. The topological polar surface area (TPSA) is 101 Å². The summed E-state index contributed by atoms with van der Waals surface area (Å²) in [4.78, 5) is 21.0. The molecule has 6 rings (SSSR count). The molecule has 35 heavy (non-hydrogen) atoms. The van der Waals surface area contributed by atoms with Crippen molar-refractivity contribution in [3.05, 3.63) is 83.7 Å². The molecule has 1 saturated heterocycles. The number of nitrogens with one attached hydrogen (secondary N) is 3. The molecule has 1 aliphatic carbocycles. The highest BCUT2D eigenvalue weighted by molar-refractivity contribution is 5.89. The van der Waals surface area contributed by atoms with Gasteiger partial charge in [-0.15, -0.1) is 0 Å². The summed E-state index contributed by atoms with van der Waals surface area (Å²) in [5.74, 6) is 2.53. The van der Waals surface area contributed by atoms with Crippen molar-refractivity contribution >= 4 is 29.3 Å². The van der Waals surface area contributed by atoms with Gasteiger partial charge in [0.25, 0.3) is 0 Å². The Kier molecular flexibility index (Phi) is 5.09. The molecule has 176 valence electrons. The van der Waals surface area contributed by atoms with E-state index in [1.165, 1.54) is 0 Å². The van der Waals surface area contributed by atoms with Crippen molar-refractivity contribution in [3.63, 3.8) is 0 Å². The smallest absolute Gasteiger partial charge is 0.228 e. The van der Waals surface area contributed by atoms with E-state index < -0.39 is 0 Å². The second-order valence-electron chi connectivity index (χ2n) is 8.98. The Hall–Kier alpha value is -4.40. The predicted octanol–water partition coefficient (Wildman–Crippen LogP) is 3.83. The second-order valence-corrected chi connectivity index (χ2v) is 8.98. The van der Waals surface area contributed by atoms with Gasteiger partial charge in [0.2, 0.25) is 5.91 Å². The molecule has 0 unspecified atom stereocenters. The van der Waals surface area contributed by atoms with Crippen LogP contribution in [0.5, 0.6) is 0 Å². The summed E-state index contributed by atoms with van der Waals surface area (Å²) in [6.45, 7) is 6.54. The molecule has 4 aromatic rings. The zero-order chi connectivity index (χ0) is 23.9. The van der Waals surface area contributed by atoms with Gasteiger partial charge in [-0.2, -0.15) is 9.61 Å². The Bertz CT molecular complexity index is 1490. The van der Waals surface area contributed by atoms with Gasteiger partial charge >= 0.3 is 0 Å². The molecule has 1 aromatic carbocycles. The third-order valence-corrected chi connectivity index (χ3v) is 6.32. The molecule has 0 atom stereocenters. The van der Waals surface area contributed by atoms with E-state index in [0.717, 1.165) is 58.3 Å². The van der Waals surface area contributed by atoms with Crippen LogP contribution in [-0.2, 0) is 11.3 Å². The predicted molar refractivity (Wildman–Crippen MR) is 135 cm³/mol. The van der Waals surface area contributed by atoms with Crippen molar-refractivity contribution < 1.29 is 4.79 Å². The van der Waals surface area contributed by atoms with Crippen molar-refractivity contribution in [2.45, 2.75) is 38.8 Å². The zero-order valence-electron chi connectivity index (χ0n) is 19.5. The van der Waals surface area contributed by atoms with Crippen LogP contribution >= 0.6 is 0 Å². The number of aromatic nitrogens is 5. The molecule has 0 spiro atoms. The lowest BCUT2D eigenvalue weighted by Gasteiger charge is -2.14. The Morgan fingerprint density at radius 2 is 2.14 bits per heavy atom. The number of hydrogen-bond acceptors (Lipinski definition) is 6. The summed E-state index contributed by atoms with van der Waals surface area (Å²) >= 11 is 0. The summed E-state index contributed by atoms with van der Waals surface area (Å²) in [6.07, 6.45) is 10.1. The van der Waals surface area contributed by atoms with Crippen molar-refractivity contribution in [1.82, 2.24) is 29.5 Å².